The highest BCUT2D eigenvalue weighted by Gasteiger charge is 2.56. The van der Waals surface area contributed by atoms with Gasteiger partial charge in [0.15, 0.2) is 6.54 Å². The highest BCUT2D eigenvalue weighted by atomic mass is 16.4. The number of carboxylic acids is 1. The van der Waals surface area contributed by atoms with Crippen LogP contribution < -0.4 is 0 Å². The molecule has 0 saturated carbocycles. The lowest BCUT2D eigenvalue weighted by Gasteiger charge is -2.60. The first-order chi connectivity index (χ1) is 9.70. The lowest BCUT2D eigenvalue weighted by Crippen LogP contribution is -2.72. The van der Waals surface area contributed by atoms with Gasteiger partial charge in [0.25, 0.3) is 0 Å². The lowest BCUT2D eigenvalue weighted by molar-refractivity contribution is -0.962. The molecule has 0 bridgehead atoms. The maximum atomic E-state index is 11.4. The average Bonchev–Trinajstić information content (AvgIpc) is 2.37. The third-order valence-corrected chi connectivity index (χ3v) is 6.31. The number of carboxylic acid groups (broad SMARTS) is 1. The molecule has 0 aliphatic carbocycles. The summed E-state index contributed by atoms with van der Waals surface area (Å²) in [5, 5.41) is 9.41. The van der Waals surface area contributed by atoms with Crippen LogP contribution in [0.15, 0.2) is 0 Å². The smallest absolute Gasteiger partial charge is 0.359 e. The number of quaternary nitrogens is 1. The van der Waals surface area contributed by atoms with E-state index < -0.39 is 5.97 Å². The van der Waals surface area contributed by atoms with Crippen LogP contribution in [0, 0.1) is 5.41 Å². The number of hydrogen-bond donors (Lipinski definition) is 1. The Balaban J connectivity index is 2.30. The van der Waals surface area contributed by atoms with Gasteiger partial charge in [-0.25, -0.2) is 4.79 Å². The molecule has 2 aliphatic rings. The van der Waals surface area contributed by atoms with Gasteiger partial charge in [-0.3, -0.25) is 0 Å². The van der Waals surface area contributed by atoms with Gasteiger partial charge < -0.3 is 14.5 Å². The number of piperidine rings is 2. The summed E-state index contributed by atoms with van der Waals surface area (Å²) < 4.78 is 0.824. The van der Waals surface area contributed by atoms with E-state index in [4.69, 9.17) is 0 Å². The maximum absolute atomic E-state index is 11.4. The van der Waals surface area contributed by atoms with Crippen LogP contribution >= 0.6 is 0 Å². The van der Waals surface area contributed by atoms with Crippen LogP contribution in [0.2, 0.25) is 0 Å². The number of carbonyl (C=O) groups is 1. The second kappa shape index (κ2) is 5.88. The minimum Gasteiger partial charge on any atom is -0.477 e. The zero-order chi connectivity index (χ0) is 15.8. The van der Waals surface area contributed by atoms with Gasteiger partial charge >= 0.3 is 5.97 Å². The van der Waals surface area contributed by atoms with E-state index in [0.29, 0.717) is 24.7 Å². The van der Waals surface area contributed by atoms with Crippen LogP contribution in [0.1, 0.15) is 53.4 Å². The Kier molecular flexibility index (Phi) is 4.69. The lowest BCUT2D eigenvalue weighted by atomic mass is 9.67. The third-order valence-electron chi connectivity index (χ3n) is 6.31. The Bertz CT molecular complexity index is 394. The molecular weight excluding hydrogens is 264 g/mol. The summed E-state index contributed by atoms with van der Waals surface area (Å²) >= 11 is 0. The van der Waals surface area contributed by atoms with Gasteiger partial charge in [0.1, 0.15) is 0 Å². The highest BCUT2D eigenvalue weighted by Crippen LogP contribution is 2.46. The largest absolute Gasteiger partial charge is 0.477 e. The normalized spacial score (nSPS) is 35.8. The van der Waals surface area contributed by atoms with E-state index >= 15 is 0 Å². The quantitative estimate of drug-likeness (QED) is 0.811. The van der Waals surface area contributed by atoms with E-state index in [-0.39, 0.29) is 5.41 Å². The average molecular weight is 297 g/mol. The molecule has 122 valence electrons. The topological polar surface area (TPSA) is 40.5 Å². The van der Waals surface area contributed by atoms with E-state index in [9.17, 15) is 9.90 Å². The molecule has 0 aromatic carbocycles. The van der Waals surface area contributed by atoms with Crippen molar-refractivity contribution < 1.29 is 14.4 Å². The molecule has 0 aromatic rings. The van der Waals surface area contributed by atoms with E-state index in [1.807, 2.05) is 0 Å². The van der Waals surface area contributed by atoms with Crippen LogP contribution in [0.25, 0.3) is 0 Å². The van der Waals surface area contributed by atoms with Crippen molar-refractivity contribution in [3.05, 3.63) is 0 Å². The van der Waals surface area contributed by atoms with Crippen molar-refractivity contribution in [3.8, 4) is 0 Å². The number of fused-ring (bicyclic) bond motifs is 1. The van der Waals surface area contributed by atoms with Gasteiger partial charge in [-0.05, 0) is 33.7 Å². The molecule has 2 fully saturated rings. The van der Waals surface area contributed by atoms with Gasteiger partial charge in [0.2, 0.25) is 0 Å². The zero-order valence-corrected chi connectivity index (χ0v) is 14.4. The molecule has 0 radical (unpaired) electrons. The van der Waals surface area contributed by atoms with Crippen LogP contribution in [0.5, 0.6) is 0 Å². The fourth-order valence-electron chi connectivity index (χ4n) is 5.14. The second-order valence-electron chi connectivity index (χ2n) is 8.11. The van der Waals surface area contributed by atoms with Crippen molar-refractivity contribution in [1.29, 1.82) is 0 Å². The predicted molar refractivity (Wildman–Crippen MR) is 85.2 cm³/mol. The van der Waals surface area contributed by atoms with Crippen molar-refractivity contribution >= 4 is 5.97 Å². The fourth-order valence-corrected chi connectivity index (χ4v) is 5.14. The molecule has 21 heavy (non-hydrogen) atoms. The Morgan fingerprint density at radius 2 is 1.95 bits per heavy atom. The van der Waals surface area contributed by atoms with Crippen molar-refractivity contribution in [2.24, 2.45) is 5.41 Å². The molecule has 0 aromatic heterocycles. The number of nitrogens with zero attached hydrogens (tertiary/aromatic N) is 2. The monoisotopic (exact) mass is 297 g/mol. The molecule has 0 amide bonds. The predicted octanol–water partition coefficient (Wildman–Crippen LogP) is 2.58. The summed E-state index contributed by atoms with van der Waals surface area (Å²) in [6.07, 6.45) is 4.74. The van der Waals surface area contributed by atoms with Crippen LogP contribution in [0.3, 0.4) is 0 Å². The molecule has 2 aliphatic heterocycles. The van der Waals surface area contributed by atoms with Crippen molar-refractivity contribution in [1.82, 2.24) is 4.90 Å². The molecule has 2 heterocycles. The Morgan fingerprint density at radius 1 is 1.29 bits per heavy atom. The summed E-state index contributed by atoms with van der Waals surface area (Å²) in [5.74, 6) is -0.631. The molecular formula is C17H33N2O2+. The summed E-state index contributed by atoms with van der Waals surface area (Å²) in [5.41, 5.74) is 0.174. The van der Waals surface area contributed by atoms with Crippen LogP contribution in [-0.4, -0.2) is 65.3 Å². The van der Waals surface area contributed by atoms with E-state index in [1.54, 1.807) is 0 Å². The Labute approximate surface area is 129 Å². The third kappa shape index (κ3) is 2.98. The van der Waals surface area contributed by atoms with E-state index in [0.717, 1.165) is 24.0 Å². The van der Waals surface area contributed by atoms with Gasteiger partial charge in [-0.1, -0.05) is 13.8 Å². The number of rotatable bonds is 4. The van der Waals surface area contributed by atoms with Crippen molar-refractivity contribution in [2.45, 2.75) is 71.5 Å². The minimum atomic E-state index is -0.631. The summed E-state index contributed by atoms with van der Waals surface area (Å²) in [6.45, 7) is 11.7. The molecule has 2 saturated heterocycles. The van der Waals surface area contributed by atoms with Gasteiger partial charge in [-0.15, -0.1) is 0 Å². The summed E-state index contributed by atoms with van der Waals surface area (Å²) in [7, 11) is 2.23. The van der Waals surface area contributed by atoms with E-state index in [2.05, 4.69) is 39.6 Å². The molecule has 3 unspecified atom stereocenters. The molecule has 1 N–H and O–H groups in total. The zero-order valence-electron chi connectivity index (χ0n) is 14.4. The van der Waals surface area contributed by atoms with Crippen LogP contribution in [-0.2, 0) is 4.79 Å². The van der Waals surface area contributed by atoms with Crippen LogP contribution in [0.4, 0.5) is 0 Å². The standard InChI is InChI=1S/C17H32N2O2/c1-13(2)18(5)14-9-11-19(12-16(20)21)10-7-6-8-15(19)17(14,3)4/h13-15H,6-12H2,1-5H3/p+1. The number of aliphatic carboxylic acids is 1. The SMILES string of the molecule is CC(C)N(C)C1CC[N+]2(CC(=O)O)CCCCC2C1(C)C. The second-order valence-corrected chi connectivity index (χ2v) is 8.11. The van der Waals surface area contributed by atoms with E-state index in [1.165, 1.54) is 19.3 Å². The Morgan fingerprint density at radius 3 is 2.52 bits per heavy atom. The van der Waals surface area contributed by atoms with Crippen molar-refractivity contribution in [2.75, 3.05) is 26.7 Å². The number of hydrogen-bond acceptors (Lipinski definition) is 2. The fraction of sp³-hybridized carbons (Fsp3) is 0.941. The molecule has 0 spiro atoms. The van der Waals surface area contributed by atoms with Gasteiger partial charge in [0, 0.05) is 30.3 Å². The summed E-state index contributed by atoms with van der Waals surface area (Å²) in [4.78, 5) is 13.9. The first kappa shape index (κ1) is 16.8. The minimum absolute atomic E-state index is 0.174. The highest BCUT2D eigenvalue weighted by molar-refractivity contribution is 5.68. The first-order valence-corrected chi connectivity index (χ1v) is 8.50. The van der Waals surface area contributed by atoms with Crippen molar-refractivity contribution in [3.63, 3.8) is 0 Å². The molecule has 3 atom stereocenters. The molecule has 4 nitrogen and oxygen atoms in total. The summed E-state index contributed by atoms with van der Waals surface area (Å²) in [6, 6.07) is 1.58. The van der Waals surface area contributed by atoms with Gasteiger partial charge in [0.05, 0.1) is 19.1 Å². The first-order valence-electron chi connectivity index (χ1n) is 8.50. The van der Waals surface area contributed by atoms with Gasteiger partial charge in [-0.2, -0.15) is 0 Å². The maximum Gasteiger partial charge on any atom is 0.359 e. The Hall–Kier alpha value is -0.610. The molecule has 4 heteroatoms. The molecule has 2 rings (SSSR count).